The number of benzene rings is 3. The quantitative estimate of drug-likeness (QED) is 0.658. The molecule has 6 heteroatoms. The maximum atomic E-state index is 14.1. The molecule has 5 nitrogen and oxygen atoms in total. The standard InChI is InChI=1S/C26H24FN3O2/c27-20-12-7-13-21-23(20)24(31)29-26(28-21)14-16-30(17-15-26)25(32)22(18-8-3-1-4-9-18)19-10-5-2-6-11-19/h1-13,22,28H,14-17H2,(H,29,31). The van der Waals surface area contributed by atoms with Crippen molar-refractivity contribution in [3.05, 3.63) is 101 Å². The lowest BCUT2D eigenvalue weighted by Gasteiger charge is -2.46. The highest BCUT2D eigenvalue weighted by Gasteiger charge is 2.42. The third-order valence-corrected chi connectivity index (χ3v) is 6.41. The molecule has 2 aliphatic rings. The molecule has 2 aliphatic heterocycles. The number of anilines is 1. The molecular weight excluding hydrogens is 405 g/mol. The number of halogens is 1. The van der Waals surface area contributed by atoms with Crippen molar-refractivity contribution in [3.63, 3.8) is 0 Å². The van der Waals surface area contributed by atoms with E-state index in [2.05, 4.69) is 10.6 Å². The molecule has 1 spiro atoms. The Morgan fingerprint density at radius 1 is 0.844 bits per heavy atom. The van der Waals surface area contributed by atoms with E-state index in [1.165, 1.54) is 6.07 Å². The number of carbonyl (C=O) groups is 2. The molecule has 3 aromatic carbocycles. The average molecular weight is 429 g/mol. The predicted molar refractivity (Wildman–Crippen MR) is 121 cm³/mol. The van der Waals surface area contributed by atoms with Crippen LogP contribution in [-0.4, -0.2) is 35.5 Å². The summed E-state index contributed by atoms with van der Waals surface area (Å²) in [4.78, 5) is 28.1. The summed E-state index contributed by atoms with van der Waals surface area (Å²) in [5.74, 6) is -1.28. The van der Waals surface area contributed by atoms with Crippen LogP contribution in [-0.2, 0) is 4.79 Å². The molecular formula is C26H24FN3O2. The summed E-state index contributed by atoms with van der Waals surface area (Å²) in [6.07, 6.45) is 1.08. The number of fused-ring (bicyclic) bond motifs is 1. The van der Waals surface area contributed by atoms with Gasteiger partial charge >= 0.3 is 0 Å². The van der Waals surface area contributed by atoms with E-state index in [0.29, 0.717) is 31.6 Å². The minimum atomic E-state index is -0.677. The fourth-order valence-corrected chi connectivity index (χ4v) is 4.74. The van der Waals surface area contributed by atoms with Gasteiger partial charge in [-0.3, -0.25) is 9.59 Å². The second-order valence-corrected chi connectivity index (χ2v) is 8.40. The zero-order chi connectivity index (χ0) is 22.1. The number of hydrogen-bond acceptors (Lipinski definition) is 3. The van der Waals surface area contributed by atoms with Crippen LogP contribution in [0, 0.1) is 5.82 Å². The topological polar surface area (TPSA) is 61.4 Å². The van der Waals surface area contributed by atoms with Gasteiger partial charge in [-0.05, 0) is 23.3 Å². The predicted octanol–water partition coefficient (Wildman–Crippen LogP) is 4.13. The van der Waals surface area contributed by atoms with Gasteiger partial charge in [0.25, 0.3) is 5.91 Å². The van der Waals surface area contributed by atoms with Crippen LogP contribution in [0.15, 0.2) is 78.9 Å². The van der Waals surface area contributed by atoms with E-state index in [4.69, 9.17) is 0 Å². The first kappa shape index (κ1) is 20.2. The van der Waals surface area contributed by atoms with Gasteiger partial charge in [0.1, 0.15) is 11.5 Å². The van der Waals surface area contributed by atoms with Crippen molar-refractivity contribution in [2.75, 3.05) is 18.4 Å². The number of nitrogens with one attached hydrogen (secondary N) is 2. The van der Waals surface area contributed by atoms with Crippen LogP contribution in [0.3, 0.4) is 0 Å². The van der Waals surface area contributed by atoms with E-state index in [1.807, 2.05) is 65.6 Å². The smallest absolute Gasteiger partial charge is 0.258 e. The number of rotatable bonds is 3. The van der Waals surface area contributed by atoms with Gasteiger partial charge in [0.05, 0.1) is 17.2 Å². The molecule has 0 radical (unpaired) electrons. The summed E-state index contributed by atoms with van der Waals surface area (Å²) < 4.78 is 14.1. The minimum absolute atomic E-state index is 0.0462. The Bertz CT molecular complexity index is 1100. The first-order valence-corrected chi connectivity index (χ1v) is 10.8. The van der Waals surface area contributed by atoms with E-state index < -0.39 is 17.4 Å². The molecule has 0 saturated carbocycles. The lowest BCUT2D eigenvalue weighted by Crippen LogP contribution is -2.63. The summed E-state index contributed by atoms with van der Waals surface area (Å²) >= 11 is 0. The Kier molecular flexibility index (Phi) is 5.13. The van der Waals surface area contributed by atoms with Gasteiger partial charge in [-0.25, -0.2) is 4.39 Å². The number of piperidine rings is 1. The molecule has 162 valence electrons. The summed E-state index contributed by atoms with van der Waals surface area (Å²) in [5, 5.41) is 6.28. The molecule has 1 fully saturated rings. The molecule has 2 amide bonds. The molecule has 5 rings (SSSR count). The highest BCUT2D eigenvalue weighted by Crippen LogP contribution is 2.34. The van der Waals surface area contributed by atoms with E-state index in [0.717, 1.165) is 11.1 Å². The van der Waals surface area contributed by atoms with Crippen LogP contribution in [0.25, 0.3) is 0 Å². The van der Waals surface area contributed by atoms with Gasteiger partial charge in [-0.15, -0.1) is 0 Å². The fourth-order valence-electron chi connectivity index (χ4n) is 4.74. The van der Waals surface area contributed by atoms with Gasteiger partial charge in [-0.2, -0.15) is 0 Å². The Hall–Kier alpha value is -3.67. The van der Waals surface area contributed by atoms with Gasteiger partial charge in [-0.1, -0.05) is 66.7 Å². The number of hydrogen-bond donors (Lipinski definition) is 2. The van der Waals surface area contributed by atoms with Gasteiger partial charge < -0.3 is 15.5 Å². The summed E-state index contributed by atoms with van der Waals surface area (Å²) in [7, 11) is 0. The summed E-state index contributed by atoms with van der Waals surface area (Å²) in [6.45, 7) is 0.986. The van der Waals surface area contributed by atoms with Gasteiger partial charge in [0, 0.05) is 25.9 Å². The van der Waals surface area contributed by atoms with Crippen LogP contribution in [0.2, 0.25) is 0 Å². The third kappa shape index (κ3) is 3.62. The Balaban J connectivity index is 1.36. The highest BCUT2D eigenvalue weighted by molar-refractivity contribution is 6.02. The van der Waals surface area contributed by atoms with Crippen molar-refractivity contribution in [1.82, 2.24) is 10.2 Å². The Morgan fingerprint density at radius 3 is 2.03 bits per heavy atom. The van der Waals surface area contributed by atoms with E-state index in [1.54, 1.807) is 12.1 Å². The van der Waals surface area contributed by atoms with Crippen molar-refractivity contribution < 1.29 is 14.0 Å². The second-order valence-electron chi connectivity index (χ2n) is 8.40. The Morgan fingerprint density at radius 2 is 1.44 bits per heavy atom. The van der Waals surface area contributed by atoms with Crippen LogP contribution in [0.4, 0.5) is 10.1 Å². The molecule has 0 unspecified atom stereocenters. The van der Waals surface area contributed by atoms with Gasteiger partial charge in [0.15, 0.2) is 0 Å². The lowest BCUT2D eigenvalue weighted by atomic mass is 9.87. The van der Waals surface area contributed by atoms with Crippen LogP contribution in [0.1, 0.15) is 40.2 Å². The first-order chi connectivity index (χ1) is 15.6. The van der Waals surface area contributed by atoms with Crippen LogP contribution < -0.4 is 10.6 Å². The normalized spacial score (nSPS) is 16.9. The highest BCUT2D eigenvalue weighted by atomic mass is 19.1. The number of likely N-dealkylation sites (tertiary alicyclic amines) is 1. The number of carbonyl (C=O) groups excluding carboxylic acids is 2. The van der Waals surface area contributed by atoms with Crippen molar-refractivity contribution in [2.45, 2.75) is 24.4 Å². The third-order valence-electron chi connectivity index (χ3n) is 6.41. The molecule has 3 aromatic rings. The zero-order valence-electron chi connectivity index (χ0n) is 17.6. The summed E-state index contributed by atoms with van der Waals surface area (Å²) in [5.41, 5.74) is 1.78. The fraction of sp³-hybridized carbons (Fsp3) is 0.231. The van der Waals surface area contributed by atoms with E-state index in [9.17, 15) is 14.0 Å². The second kappa shape index (κ2) is 8.11. The average Bonchev–Trinajstić information content (AvgIpc) is 2.81. The minimum Gasteiger partial charge on any atom is -0.362 e. The SMILES string of the molecule is O=C1NC2(CCN(C(=O)C(c3ccccc3)c3ccccc3)CC2)Nc2cccc(F)c21. The van der Waals surface area contributed by atoms with Crippen LogP contribution in [0.5, 0.6) is 0 Å². The first-order valence-electron chi connectivity index (χ1n) is 10.8. The lowest BCUT2D eigenvalue weighted by molar-refractivity contribution is -0.133. The zero-order valence-corrected chi connectivity index (χ0v) is 17.6. The monoisotopic (exact) mass is 429 g/mol. The van der Waals surface area contributed by atoms with Crippen molar-refractivity contribution in [3.8, 4) is 0 Å². The van der Waals surface area contributed by atoms with E-state index in [-0.39, 0.29) is 17.4 Å². The molecule has 1 saturated heterocycles. The van der Waals surface area contributed by atoms with Crippen molar-refractivity contribution in [2.24, 2.45) is 0 Å². The van der Waals surface area contributed by atoms with Crippen molar-refractivity contribution in [1.29, 1.82) is 0 Å². The molecule has 32 heavy (non-hydrogen) atoms. The summed E-state index contributed by atoms with van der Waals surface area (Å²) in [6, 6.07) is 24.2. The molecule has 0 atom stereocenters. The molecule has 0 aromatic heterocycles. The number of amides is 2. The maximum absolute atomic E-state index is 14.1. The molecule has 2 heterocycles. The maximum Gasteiger partial charge on any atom is 0.258 e. The number of nitrogens with zero attached hydrogens (tertiary/aromatic N) is 1. The Labute approximate surface area is 186 Å². The van der Waals surface area contributed by atoms with Gasteiger partial charge in [0.2, 0.25) is 5.91 Å². The molecule has 2 N–H and O–H groups in total. The molecule has 0 aliphatic carbocycles. The van der Waals surface area contributed by atoms with Crippen LogP contribution >= 0.6 is 0 Å². The van der Waals surface area contributed by atoms with E-state index >= 15 is 0 Å². The molecule has 0 bridgehead atoms. The van der Waals surface area contributed by atoms with Crippen molar-refractivity contribution >= 4 is 17.5 Å². The largest absolute Gasteiger partial charge is 0.362 e.